The van der Waals surface area contributed by atoms with Crippen molar-refractivity contribution in [3.8, 4) is 0 Å². The smallest absolute Gasteiger partial charge is 0.303 e. The highest BCUT2D eigenvalue weighted by Crippen LogP contribution is 2.15. The molecule has 0 radical (unpaired) electrons. The lowest BCUT2D eigenvalue weighted by Gasteiger charge is -2.07. The average Bonchev–Trinajstić information content (AvgIpc) is 2.34. The van der Waals surface area contributed by atoms with Crippen molar-refractivity contribution < 1.29 is 26.7 Å². The molecule has 1 aromatic rings. The maximum absolute atomic E-state index is 11.9. The van der Waals surface area contributed by atoms with E-state index in [-0.39, 0.29) is 29.2 Å². The maximum Gasteiger partial charge on any atom is 0.303 e. The molecule has 0 bridgehead atoms. The van der Waals surface area contributed by atoms with Crippen molar-refractivity contribution >= 4 is 25.8 Å². The van der Waals surface area contributed by atoms with Crippen LogP contribution in [0.4, 0.5) is 0 Å². The normalized spacial score (nSPS) is 12.2. The van der Waals surface area contributed by atoms with Crippen molar-refractivity contribution in [2.45, 2.75) is 22.6 Å². The van der Waals surface area contributed by atoms with Gasteiger partial charge in [0.05, 0.1) is 9.79 Å². The van der Waals surface area contributed by atoms with Crippen LogP contribution >= 0.6 is 0 Å². The summed E-state index contributed by atoms with van der Waals surface area (Å²) in [7, 11) is -7.34. The minimum absolute atomic E-state index is 0.0300. The van der Waals surface area contributed by atoms with E-state index in [1.54, 1.807) is 0 Å². The number of hydrogen-bond acceptors (Lipinski definition) is 5. The lowest BCUT2D eigenvalue weighted by Crippen LogP contribution is -2.25. The highest BCUT2D eigenvalue weighted by atomic mass is 32.2. The first-order valence-electron chi connectivity index (χ1n) is 5.64. The fourth-order valence-corrected chi connectivity index (χ4v) is 3.26. The van der Waals surface area contributed by atoms with E-state index >= 15 is 0 Å². The Bertz CT molecular complexity index is 693. The van der Waals surface area contributed by atoms with Crippen LogP contribution in [0.25, 0.3) is 0 Å². The van der Waals surface area contributed by atoms with Crippen molar-refractivity contribution in [3.63, 3.8) is 0 Å². The van der Waals surface area contributed by atoms with Gasteiger partial charge in [0.15, 0.2) is 9.84 Å². The Morgan fingerprint density at radius 1 is 1.20 bits per heavy atom. The standard InChI is InChI=1S/C11H15NO6S2/c1-19(15,16)9-4-2-5-10(8-9)20(17,18)12-7-3-6-11(13)14/h2,4-5,8,12H,3,6-7H2,1H3,(H,13,14). The number of carboxylic acid groups (broad SMARTS) is 1. The summed E-state index contributed by atoms with van der Waals surface area (Å²) in [6.07, 6.45) is 0.991. The Balaban J connectivity index is 2.85. The molecule has 9 heteroatoms. The molecule has 2 N–H and O–H groups in total. The molecule has 0 saturated heterocycles. The van der Waals surface area contributed by atoms with Gasteiger partial charge in [-0.3, -0.25) is 4.79 Å². The molecular weight excluding hydrogens is 306 g/mol. The molecule has 0 aliphatic heterocycles. The van der Waals surface area contributed by atoms with Crippen molar-refractivity contribution in [3.05, 3.63) is 24.3 Å². The fraction of sp³-hybridized carbons (Fsp3) is 0.364. The Kier molecular flexibility index (Phi) is 5.26. The van der Waals surface area contributed by atoms with E-state index in [9.17, 15) is 21.6 Å². The van der Waals surface area contributed by atoms with Crippen LogP contribution in [-0.2, 0) is 24.7 Å². The van der Waals surface area contributed by atoms with Gasteiger partial charge in [-0.25, -0.2) is 21.6 Å². The molecule has 0 saturated carbocycles. The van der Waals surface area contributed by atoms with Crippen molar-refractivity contribution in [2.24, 2.45) is 0 Å². The highest BCUT2D eigenvalue weighted by molar-refractivity contribution is 7.91. The van der Waals surface area contributed by atoms with E-state index < -0.39 is 25.8 Å². The number of nitrogens with one attached hydrogen (secondary N) is 1. The number of aliphatic carboxylic acids is 1. The van der Waals surface area contributed by atoms with E-state index in [0.717, 1.165) is 12.3 Å². The summed E-state index contributed by atoms with van der Waals surface area (Å²) in [4.78, 5) is 10.0. The summed E-state index contributed by atoms with van der Waals surface area (Å²) in [5.74, 6) is -1.01. The number of sulfone groups is 1. The van der Waals surface area contributed by atoms with E-state index in [1.165, 1.54) is 18.2 Å². The molecule has 1 rings (SSSR count). The number of sulfonamides is 1. The van der Waals surface area contributed by atoms with Crippen LogP contribution in [0.15, 0.2) is 34.1 Å². The number of carboxylic acids is 1. The Hall–Kier alpha value is -1.45. The molecule has 20 heavy (non-hydrogen) atoms. The van der Waals surface area contributed by atoms with Crippen LogP contribution in [-0.4, -0.2) is 40.7 Å². The third-order valence-electron chi connectivity index (χ3n) is 2.40. The molecular formula is C11H15NO6S2. The van der Waals surface area contributed by atoms with Crippen molar-refractivity contribution in [2.75, 3.05) is 12.8 Å². The minimum atomic E-state index is -3.85. The summed E-state index contributed by atoms with van der Waals surface area (Å²) in [5.41, 5.74) is 0. The molecule has 1 aromatic carbocycles. The first-order chi connectivity index (χ1) is 9.13. The molecule has 112 valence electrons. The molecule has 0 fully saturated rings. The molecule has 0 amide bonds. The zero-order chi connectivity index (χ0) is 15.4. The van der Waals surface area contributed by atoms with Crippen molar-refractivity contribution in [1.29, 1.82) is 0 Å². The summed E-state index contributed by atoms with van der Waals surface area (Å²) >= 11 is 0. The van der Waals surface area contributed by atoms with Gasteiger partial charge < -0.3 is 5.11 Å². The van der Waals surface area contributed by atoms with Crippen LogP contribution in [0.5, 0.6) is 0 Å². The molecule has 0 atom stereocenters. The van der Waals surface area contributed by atoms with E-state index in [2.05, 4.69) is 4.72 Å². The molecule has 0 unspecified atom stereocenters. The van der Waals surface area contributed by atoms with Gasteiger partial charge >= 0.3 is 5.97 Å². The SMILES string of the molecule is CS(=O)(=O)c1cccc(S(=O)(=O)NCCCC(=O)O)c1. The average molecular weight is 321 g/mol. The van der Waals surface area contributed by atoms with Gasteiger partial charge in [-0.2, -0.15) is 0 Å². The summed E-state index contributed by atoms with van der Waals surface area (Å²) < 4.78 is 48.8. The van der Waals surface area contributed by atoms with Crippen molar-refractivity contribution in [1.82, 2.24) is 4.72 Å². The third-order valence-corrected chi connectivity index (χ3v) is 4.97. The van der Waals surface area contributed by atoms with Gasteiger partial charge in [0.2, 0.25) is 10.0 Å². The Morgan fingerprint density at radius 3 is 2.35 bits per heavy atom. The molecule has 0 aliphatic rings. The molecule has 0 spiro atoms. The molecule has 7 nitrogen and oxygen atoms in total. The molecule has 0 heterocycles. The molecule has 0 aliphatic carbocycles. The number of rotatable bonds is 7. The minimum Gasteiger partial charge on any atom is -0.481 e. The van der Waals surface area contributed by atoms with Crippen LogP contribution in [0.2, 0.25) is 0 Å². The molecule has 0 aromatic heterocycles. The maximum atomic E-state index is 11.9. The van der Waals surface area contributed by atoms with Gasteiger partial charge in [0.25, 0.3) is 0 Å². The Morgan fingerprint density at radius 2 is 1.80 bits per heavy atom. The van der Waals surface area contributed by atoms with E-state index in [1.807, 2.05) is 0 Å². The fourth-order valence-electron chi connectivity index (χ4n) is 1.40. The second kappa shape index (κ2) is 6.33. The Labute approximate surface area is 117 Å². The monoisotopic (exact) mass is 321 g/mol. The second-order valence-corrected chi connectivity index (χ2v) is 7.92. The summed E-state index contributed by atoms with van der Waals surface area (Å²) in [6.45, 7) is -0.0300. The summed E-state index contributed by atoms with van der Waals surface area (Å²) in [5, 5.41) is 8.44. The van der Waals surface area contributed by atoms with E-state index in [4.69, 9.17) is 5.11 Å². The summed E-state index contributed by atoms with van der Waals surface area (Å²) in [6, 6.07) is 4.98. The van der Waals surface area contributed by atoms with Gasteiger partial charge in [-0.1, -0.05) is 6.07 Å². The van der Waals surface area contributed by atoms with Gasteiger partial charge in [0, 0.05) is 19.2 Å². The largest absolute Gasteiger partial charge is 0.481 e. The topological polar surface area (TPSA) is 118 Å². The quantitative estimate of drug-likeness (QED) is 0.694. The second-order valence-electron chi connectivity index (χ2n) is 4.14. The zero-order valence-corrected chi connectivity index (χ0v) is 12.4. The van der Waals surface area contributed by atoms with Crippen LogP contribution in [0.1, 0.15) is 12.8 Å². The first-order valence-corrected chi connectivity index (χ1v) is 9.02. The van der Waals surface area contributed by atoms with Gasteiger partial charge in [0.1, 0.15) is 0 Å². The van der Waals surface area contributed by atoms with Crippen LogP contribution < -0.4 is 4.72 Å². The lowest BCUT2D eigenvalue weighted by molar-refractivity contribution is -0.137. The van der Waals surface area contributed by atoms with Crippen LogP contribution in [0.3, 0.4) is 0 Å². The lowest BCUT2D eigenvalue weighted by atomic mass is 10.3. The van der Waals surface area contributed by atoms with Gasteiger partial charge in [-0.15, -0.1) is 0 Å². The predicted molar refractivity (Wildman–Crippen MR) is 71.6 cm³/mol. The number of carbonyl (C=O) groups is 1. The third kappa shape index (κ3) is 4.91. The number of hydrogen-bond donors (Lipinski definition) is 2. The predicted octanol–water partition coefficient (Wildman–Crippen LogP) is 0.233. The van der Waals surface area contributed by atoms with Gasteiger partial charge in [-0.05, 0) is 24.6 Å². The zero-order valence-electron chi connectivity index (χ0n) is 10.7. The number of benzene rings is 1. The first kappa shape index (κ1) is 16.6. The highest BCUT2D eigenvalue weighted by Gasteiger charge is 2.16. The van der Waals surface area contributed by atoms with Crippen LogP contribution in [0, 0.1) is 0 Å². The van der Waals surface area contributed by atoms with E-state index in [0.29, 0.717) is 0 Å².